The van der Waals surface area contributed by atoms with Crippen LogP contribution in [0.25, 0.3) is 11.1 Å². The number of alkyl carbamates (subject to hydrolysis) is 1. The minimum absolute atomic E-state index is 0.0194. The van der Waals surface area contributed by atoms with E-state index >= 15 is 0 Å². The molecule has 0 aromatic heterocycles. The number of aliphatic carboxylic acids is 1. The van der Waals surface area contributed by atoms with Gasteiger partial charge in [-0.25, -0.2) is 27.5 Å². The van der Waals surface area contributed by atoms with Crippen LogP contribution in [0, 0.1) is 20.8 Å². The van der Waals surface area contributed by atoms with Gasteiger partial charge in [-0.15, -0.1) is 0 Å². The van der Waals surface area contributed by atoms with Gasteiger partial charge in [0.25, 0.3) is 10.0 Å². The van der Waals surface area contributed by atoms with Crippen molar-refractivity contribution in [2.75, 3.05) is 19.8 Å². The number of carboxylic acid groups (broad SMARTS) is 1. The first-order chi connectivity index (χ1) is 27.5. The monoisotopic (exact) mass is 812 g/mol. The van der Waals surface area contributed by atoms with Crippen molar-refractivity contribution in [3.8, 4) is 22.6 Å². The summed E-state index contributed by atoms with van der Waals surface area (Å²) in [4.78, 5) is 41.8. The van der Waals surface area contributed by atoms with E-state index < -0.39 is 46.3 Å². The summed E-state index contributed by atoms with van der Waals surface area (Å²) >= 11 is 0. The summed E-state index contributed by atoms with van der Waals surface area (Å²) < 4.78 is 52.2. The molecule has 0 spiro atoms. The van der Waals surface area contributed by atoms with Crippen molar-refractivity contribution in [2.45, 2.75) is 82.9 Å². The zero-order valence-corrected chi connectivity index (χ0v) is 33.9. The van der Waals surface area contributed by atoms with Crippen LogP contribution in [0.5, 0.6) is 11.5 Å². The second kappa shape index (κ2) is 17.2. The number of amides is 1. The largest absolute Gasteiger partial charge is 0.487 e. The maximum absolute atomic E-state index is 13.6. The molecule has 58 heavy (non-hydrogen) atoms. The number of sulfonamides is 1. The summed E-state index contributed by atoms with van der Waals surface area (Å²) in [5, 5.41) is 11.5. The first-order valence-corrected chi connectivity index (χ1v) is 20.4. The Bertz CT molecular complexity index is 2310. The SMILES string of the molecule is Cc1c(C)c(S(=O)(=O)NC(N)=NCCC[C@H](NC(=O)OCC2c3ccccc3-c3ccccc32)C(=O)OCc2ccc(OCC(=O)O)cc2)c(C)c2c1OC(C)(C)C2. The zero-order valence-electron chi connectivity index (χ0n) is 33.1. The first-order valence-electron chi connectivity index (χ1n) is 18.9. The number of esters is 1. The minimum Gasteiger partial charge on any atom is -0.487 e. The number of rotatable bonds is 15. The van der Waals surface area contributed by atoms with Crippen LogP contribution in [0.4, 0.5) is 4.79 Å². The third-order valence-electron chi connectivity index (χ3n) is 10.3. The van der Waals surface area contributed by atoms with Crippen molar-refractivity contribution in [1.29, 1.82) is 0 Å². The third-order valence-corrected chi connectivity index (χ3v) is 11.9. The van der Waals surface area contributed by atoms with E-state index in [0.717, 1.165) is 33.4 Å². The van der Waals surface area contributed by atoms with Gasteiger partial charge in [-0.3, -0.25) is 4.99 Å². The smallest absolute Gasteiger partial charge is 0.407 e. The topological polar surface area (TPSA) is 205 Å². The Morgan fingerprint density at radius 1 is 0.931 bits per heavy atom. The van der Waals surface area contributed by atoms with E-state index in [1.165, 1.54) is 0 Å². The Kier molecular flexibility index (Phi) is 12.3. The highest BCUT2D eigenvalue weighted by Crippen LogP contribution is 2.45. The molecule has 1 aliphatic carbocycles. The lowest BCUT2D eigenvalue weighted by atomic mass is 9.94. The maximum atomic E-state index is 13.6. The fraction of sp³-hybridized carbons (Fsp3) is 0.349. The molecule has 6 rings (SSSR count). The lowest BCUT2D eigenvalue weighted by molar-refractivity contribution is -0.147. The third kappa shape index (κ3) is 9.37. The Hall–Kier alpha value is -6.09. The Balaban J connectivity index is 1.10. The molecule has 0 bridgehead atoms. The van der Waals surface area contributed by atoms with Crippen LogP contribution < -0.4 is 25.2 Å². The average Bonchev–Trinajstić information content (AvgIpc) is 3.69. The van der Waals surface area contributed by atoms with Crippen molar-refractivity contribution < 1.29 is 46.9 Å². The predicted molar refractivity (Wildman–Crippen MR) is 216 cm³/mol. The van der Waals surface area contributed by atoms with Crippen molar-refractivity contribution in [3.05, 3.63) is 112 Å². The zero-order chi connectivity index (χ0) is 41.8. The predicted octanol–water partition coefficient (Wildman–Crippen LogP) is 5.81. The van der Waals surface area contributed by atoms with Crippen LogP contribution in [0.2, 0.25) is 0 Å². The molecule has 4 aromatic carbocycles. The standard InChI is InChI=1S/C43H48N4O10S/c1-25-26(2)39(27(3)34-21-43(4,5)57-38(25)34)58(52,53)47-41(44)45-20-10-15-36(40(50)55-22-28-16-18-29(19-17-28)54-24-37(48)49)46-42(51)56-23-35-32-13-8-6-11-30(32)31-12-7-9-14-33(31)35/h6-9,11-14,16-19,35-36H,10,15,20-24H2,1-5H3,(H,46,51)(H,48,49)(H3,44,45,47)/t36-/m0/s1. The highest BCUT2D eigenvalue weighted by molar-refractivity contribution is 7.90. The molecule has 14 nitrogen and oxygen atoms in total. The Morgan fingerprint density at radius 2 is 1.57 bits per heavy atom. The molecule has 0 radical (unpaired) electrons. The molecule has 0 unspecified atom stereocenters. The fourth-order valence-corrected chi connectivity index (χ4v) is 9.00. The lowest BCUT2D eigenvalue weighted by Gasteiger charge is -2.19. The molecule has 1 amide bonds. The molecule has 0 saturated heterocycles. The van der Waals surface area contributed by atoms with Gasteiger partial charge in [0.15, 0.2) is 6.61 Å². The number of ether oxygens (including phenoxy) is 4. The van der Waals surface area contributed by atoms with Gasteiger partial charge in [-0.05, 0) is 104 Å². The van der Waals surface area contributed by atoms with Crippen molar-refractivity contribution >= 4 is 34.0 Å². The van der Waals surface area contributed by atoms with E-state index in [9.17, 15) is 22.8 Å². The van der Waals surface area contributed by atoms with E-state index in [2.05, 4.69) is 15.0 Å². The molecule has 0 saturated carbocycles. The molecule has 2 aliphatic rings. The fourth-order valence-electron chi connectivity index (χ4n) is 7.48. The number of nitrogens with one attached hydrogen (secondary N) is 2. The van der Waals surface area contributed by atoms with Gasteiger partial charge in [-0.2, -0.15) is 0 Å². The molecule has 0 fully saturated rings. The Morgan fingerprint density at radius 3 is 2.21 bits per heavy atom. The second-order valence-electron chi connectivity index (χ2n) is 15.0. The van der Waals surface area contributed by atoms with Crippen molar-refractivity contribution in [3.63, 3.8) is 0 Å². The van der Waals surface area contributed by atoms with Gasteiger partial charge in [0, 0.05) is 24.4 Å². The molecule has 4 aromatic rings. The lowest BCUT2D eigenvalue weighted by Crippen LogP contribution is -2.42. The van der Waals surface area contributed by atoms with Crippen LogP contribution in [0.1, 0.15) is 71.6 Å². The van der Waals surface area contributed by atoms with Crippen LogP contribution in [-0.4, -0.2) is 68.9 Å². The summed E-state index contributed by atoms with van der Waals surface area (Å²) in [6.07, 6.45) is 0.0186. The number of hydrogen-bond donors (Lipinski definition) is 4. The number of hydrogen-bond acceptors (Lipinski definition) is 10. The van der Waals surface area contributed by atoms with Crippen LogP contribution in [0.15, 0.2) is 82.7 Å². The summed E-state index contributed by atoms with van der Waals surface area (Å²) in [5.74, 6) is -1.32. The van der Waals surface area contributed by atoms with Crippen LogP contribution in [0.3, 0.4) is 0 Å². The molecule has 5 N–H and O–H groups in total. The minimum atomic E-state index is -4.12. The number of aliphatic imine (C=N–C) groups is 1. The number of fused-ring (bicyclic) bond motifs is 4. The first kappa shape index (κ1) is 41.5. The van der Waals surface area contributed by atoms with Gasteiger partial charge in [0.2, 0.25) is 5.96 Å². The van der Waals surface area contributed by atoms with Crippen LogP contribution >= 0.6 is 0 Å². The summed E-state index contributed by atoms with van der Waals surface area (Å²) in [6.45, 7) is 8.65. The number of carboxylic acids is 1. The number of benzene rings is 4. The molecule has 1 heterocycles. The summed E-state index contributed by atoms with van der Waals surface area (Å²) in [6, 6.07) is 21.1. The molecule has 1 atom stereocenters. The van der Waals surface area contributed by atoms with Gasteiger partial charge in [0.1, 0.15) is 36.4 Å². The van der Waals surface area contributed by atoms with Crippen molar-refractivity contribution in [1.82, 2.24) is 10.0 Å². The second-order valence-corrected chi connectivity index (χ2v) is 16.6. The van der Waals surface area contributed by atoms with Gasteiger partial charge in [0.05, 0.1) is 4.90 Å². The van der Waals surface area contributed by atoms with E-state index in [1.54, 1.807) is 38.1 Å². The van der Waals surface area contributed by atoms with E-state index in [-0.39, 0.29) is 49.4 Å². The van der Waals surface area contributed by atoms with Crippen molar-refractivity contribution in [2.24, 2.45) is 10.7 Å². The number of nitrogens with zero attached hydrogens (tertiary/aromatic N) is 1. The highest BCUT2D eigenvalue weighted by Gasteiger charge is 2.37. The van der Waals surface area contributed by atoms with E-state index in [4.69, 9.17) is 29.8 Å². The molecule has 15 heteroatoms. The molecular weight excluding hydrogens is 765 g/mol. The molecule has 306 valence electrons. The normalized spacial score (nSPS) is 14.7. The number of carbonyl (C=O) groups excluding carboxylic acids is 2. The van der Waals surface area contributed by atoms with Gasteiger partial charge >= 0.3 is 18.0 Å². The highest BCUT2D eigenvalue weighted by atomic mass is 32.2. The number of guanidine groups is 1. The average molecular weight is 813 g/mol. The van der Waals surface area contributed by atoms with E-state index in [0.29, 0.717) is 34.6 Å². The maximum Gasteiger partial charge on any atom is 0.407 e. The number of carbonyl (C=O) groups is 3. The summed E-state index contributed by atoms with van der Waals surface area (Å²) in [7, 11) is -4.12. The number of nitrogens with two attached hydrogens (primary N) is 1. The summed E-state index contributed by atoms with van der Waals surface area (Å²) in [5.41, 5.74) is 13.2. The van der Waals surface area contributed by atoms with Gasteiger partial charge in [-0.1, -0.05) is 60.7 Å². The molecule has 1 aliphatic heterocycles. The molecular formula is C43H48N4O10S. The Labute approximate surface area is 337 Å². The van der Waals surface area contributed by atoms with E-state index in [1.807, 2.05) is 69.3 Å². The van der Waals surface area contributed by atoms with Gasteiger partial charge < -0.3 is 35.1 Å². The van der Waals surface area contributed by atoms with Crippen LogP contribution in [-0.2, 0) is 42.1 Å². The quantitative estimate of drug-likeness (QED) is 0.0488.